The van der Waals surface area contributed by atoms with Crippen molar-refractivity contribution in [3.63, 3.8) is 0 Å². The first-order chi connectivity index (χ1) is 9.46. The first-order valence-corrected chi connectivity index (χ1v) is 6.41. The first-order valence-electron chi connectivity index (χ1n) is 6.41. The van der Waals surface area contributed by atoms with Crippen LogP contribution < -0.4 is 10.1 Å². The quantitative estimate of drug-likeness (QED) is 0.926. The molecule has 1 aromatic heterocycles. The van der Waals surface area contributed by atoms with Crippen LogP contribution in [0.2, 0.25) is 0 Å². The van der Waals surface area contributed by atoms with Crippen LogP contribution in [0.4, 0.5) is 13.2 Å². The Hall–Kier alpha value is -1.79. The normalized spacial score (nSPS) is 16.1. The lowest BCUT2D eigenvalue weighted by atomic mass is 10.2. The average molecular weight is 288 g/mol. The molecule has 7 heteroatoms. The summed E-state index contributed by atoms with van der Waals surface area (Å²) in [5.74, 6) is -0.734. The Balaban J connectivity index is 2.04. The van der Waals surface area contributed by atoms with Crippen LogP contribution in [0.1, 0.15) is 36.0 Å². The molecule has 0 unspecified atom stereocenters. The summed E-state index contributed by atoms with van der Waals surface area (Å²) in [5.41, 5.74) is 0.0312. The molecule has 2 rings (SSSR count). The summed E-state index contributed by atoms with van der Waals surface area (Å²) in [4.78, 5) is 15.7. The molecule has 4 nitrogen and oxygen atoms in total. The number of hydrogen-bond acceptors (Lipinski definition) is 3. The smallest absolute Gasteiger partial charge is 0.422 e. The number of ether oxygens (including phenoxy) is 1. The van der Waals surface area contributed by atoms with Crippen LogP contribution >= 0.6 is 0 Å². The molecule has 1 aromatic rings. The third-order valence-corrected chi connectivity index (χ3v) is 3.08. The van der Waals surface area contributed by atoms with Crippen LogP contribution in [0.5, 0.6) is 5.88 Å². The zero-order valence-electron chi connectivity index (χ0n) is 10.7. The molecule has 1 aliphatic carbocycles. The van der Waals surface area contributed by atoms with Gasteiger partial charge in [-0.3, -0.25) is 4.79 Å². The number of rotatable bonds is 4. The highest BCUT2D eigenvalue weighted by atomic mass is 19.4. The van der Waals surface area contributed by atoms with Crippen LogP contribution in [0.3, 0.4) is 0 Å². The number of amides is 1. The van der Waals surface area contributed by atoms with Gasteiger partial charge in [-0.15, -0.1) is 0 Å². The van der Waals surface area contributed by atoms with E-state index in [4.69, 9.17) is 0 Å². The van der Waals surface area contributed by atoms with Gasteiger partial charge in [-0.1, -0.05) is 12.8 Å². The first kappa shape index (κ1) is 14.6. The second kappa shape index (κ2) is 6.11. The molecule has 1 fully saturated rings. The molecular weight excluding hydrogens is 273 g/mol. The minimum absolute atomic E-state index is 0.0312. The van der Waals surface area contributed by atoms with Gasteiger partial charge >= 0.3 is 6.18 Å². The number of hydrogen-bond donors (Lipinski definition) is 1. The Morgan fingerprint density at radius 3 is 2.75 bits per heavy atom. The van der Waals surface area contributed by atoms with Crippen LogP contribution in [0.25, 0.3) is 0 Å². The lowest BCUT2D eigenvalue weighted by molar-refractivity contribution is -0.154. The summed E-state index contributed by atoms with van der Waals surface area (Å²) in [6.07, 6.45) is 0.717. The predicted molar refractivity (Wildman–Crippen MR) is 65.5 cm³/mol. The third kappa shape index (κ3) is 4.11. The Morgan fingerprint density at radius 1 is 1.40 bits per heavy atom. The summed E-state index contributed by atoms with van der Waals surface area (Å²) < 4.78 is 41.0. The van der Waals surface area contributed by atoms with E-state index < -0.39 is 18.7 Å². The highest BCUT2D eigenvalue weighted by molar-refractivity contribution is 5.96. The number of aromatic nitrogens is 1. The summed E-state index contributed by atoms with van der Waals surface area (Å²) in [7, 11) is 0. The number of nitrogens with zero attached hydrogens (tertiary/aromatic N) is 1. The molecule has 1 amide bonds. The number of nitrogens with one attached hydrogen (secondary N) is 1. The van der Waals surface area contributed by atoms with Crippen molar-refractivity contribution in [3.8, 4) is 5.88 Å². The van der Waals surface area contributed by atoms with Gasteiger partial charge in [-0.25, -0.2) is 4.98 Å². The van der Waals surface area contributed by atoms with E-state index in [2.05, 4.69) is 15.0 Å². The van der Waals surface area contributed by atoms with Crippen molar-refractivity contribution in [2.45, 2.75) is 37.9 Å². The molecule has 0 aliphatic heterocycles. The fourth-order valence-electron chi connectivity index (χ4n) is 2.16. The molecule has 110 valence electrons. The maximum atomic E-state index is 12.1. The second-order valence-corrected chi connectivity index (χ2v) is 4.71. The van der Waals surface area contributed by atoms with Crippen LogP contribution in [-0.4, -0.2) is 29.7 Å². The molecule has 1 saturated carbocycles. The summed E-state index contributed by atoms with van der Waals surface area (Å²) >= 11 is 0. The standard InChI is InChI=1S/C13H15F3N2O2/c14-13(15,16)8-20-12-10(6-3-7-17-12)11(19)18-9-4-1-2-5-9/h3,6-7,9H,1-2,4-5,8H2,(H,18,19). The molecule has 1 heterocycles. The van der Waals surface area contributed by atoms with E-state index >= 15 is 0 Å². The predicted octanol–water partition coefficient (Wildman–Crippen LogP) is 2.70. The van der Waals surface area contributed by atoms with Crippen LogP contribution in [0, 0.1) is 0 Å². The molecule has 0 radical (unpaired) electrons. The lowest BCUT2D eigenvalue weighted by Gasteiger charge is -2.14. The van der Waals surface area contributed by atoms with Gasteiger partial charge in [0.2, 0.25) is 5.88 Å². The van der Waals surface area contributed by atoms with Gasteiger partial charge in [-0.05, 0) is 25.0 Å². The number of carbonyl (C=O) groups excluding carboxylic acids is 1. The van der Waals surface area contributed by atoms with Crippen molar-refractivity contribution in [2.75, 3.05) is 6.61 Å². The van der Waals surface area contributed by atoms with Gasteiger partial charge in [0.15, 0.2) is 6.61 Å². The zero-order valence-corrected chi connectivity index (χ0v) is 10.7. The minimum atomic E-state index is -4.46. The maximum absolute atomic E-state index is 12.1. The fraction of sp³-hybridized carbons (Fsp3) is 0.538. The zero-order chi connectivity index (χ0) is 14.6. The van der Waals surface area contributed by atoms with Crippen LogP contribution in [-0.2, 0) is 0 Å². The highest BCUT2D eigenvalue weighted by Gasteiger charge is 2.30. The molecule has 0 bridgehead atoms. The number of carbonyl (C=O) groups is 1. The highest BCUT2D eigenvalue weighted by Crippen LogP contribution is 2.22. The average Bonchev–Trinajstić information content (AvgIpc) is 2.88. The van der Waals surface area contributed by atoms with Gasteiger partial charge < -0.3 is 10.1 Å². The molecule has 1 N–H and O–H groups in total. The van der Waals surface area contributed by atoms with Gasteiger partial charge in [0, 0.05) is 12.2 Å². The number of pyridine rings is 1. The largest absolute Gasteiger partial charge is 0.467 e. The van der Waals surface area contributed by atoms with E-state index in [1.807, 2.05) is 0 Å². The molecule has 0 spiro atoms. The maximum Gasteiger partial charge on any atom is 0.422 e. The van der Waals surface area contributed by atoms with Crippen molar-refractivity contribution in [1.82, 2.24) is 10.3 Å². The van der Waals surface area contributed by atoms with Crippen molar-refractivity contribution < 1.29 is 22.7 Å². The van der Waals surface area contributed by atoms with E-state index in [-0.39, 0.29) is 17.5 Å². The molecule has 20 heavy (non-hydrogen) atoms. The van der Waals surface area contributed by atoms with Crippen molar-refractivity contribution >= 4 is 5.91 Å². The Bertz CT molecular complexity index is 471. The van der Waals surface area contributed by atoms with Gasteiger partial charge in [-0.2, -0.15) is 13.2 Å². The second-order valence-electron chi connectivity index (χ2n) is 4.71. The van der Waals surface area contributed by atoms with Gasteiger partial charge in [0.05, 0.1) is 0 Å². The fourth-order valence-corrected chi connectivity index (χ4v) is 2.16. The molecule has 0 atom stereocenters. The van der Waals surface area contributed by atoms with E-state index in [9.17, 15) is 18.0 Å². The van der Waals surface area contributed by atoms with Crippen LogP contribution in [0.15, 0.2) is 18.3 Å². The SMILES string of the molecule is O=C(NC1CCCC1)c1cccnc1OCC(F)(F)F. The molecule has 1 aliphatic rings. The van der Waals surface area contributed by atoms with Gasteiger partial charge in [0.25, 0.3) is 5.91 Å². The Kier molecular flexibility index (Phi) is 4.46. The Labute approximate surface area is 114 Å². The van der Waals surface area contributed by atoms with Crippen molar-refractivity contribution in [3.05, 3.63) is 23.9 Å². The number of halogens is 3. The monoisotopic (exact) mass is 288 g/mol. The van der Waals surface area contributed by atoms with Crippen molar-refractivity contribution in [1.29, 1.82) is 0 Å². The van der Waals surface area contributed by atoms with E-state index in [1.165, 1.54) is 18.3 Å². The van der Waals surface area contributed by atoms with E-state index in [1.54, 1.807) is 0 Å². The van der Waals surface area contributed by atoms with Crippen molar-refractivity contribution in [2.24, 2.45) is 0 Å². The van der Waals surface area contributed by atoms with E-state index in [0.29, 0.717) is 0 Å². The van der Waals surface area contributed by atoms with E-state index in [0.717, 1.165) is 25.7 Å². The summed E-state index contributed by atoms with van der Waals surface area (Å²) in [6.45, 7) is -1.46. The molecule has 0 saturated heterocycles. The number of alkyl halides is 3. The minimum Gasteiger partial charge on any atom is -0.467 e. The molecular formula is C13H15F3N2O2. The third-order valence-electron chi connectivity index (χ3n) is 3.08. The lowest BCUT2D eigenvalue weighted by Crippen LogP contribution is -2.33. The summed E-state index contributed by atoms with van der Waals surface area (Å²) in [5, 5.41) is 2.79. The Morgan fingerprint density at radius 2 is 2.10 bits per heavy atom. The topological polar surface area (TPSA) is 51.2 Å². The summed E-state index contributed by atoms with van der Waals surface area (Å²) in [6, 6.07) is 2.98. The van der Waals surface area contributed by atoms with Gasteiger partial charge in [0.1, 0.15) is 5.56 Å². The molecule has 0 aromatic carbocycles.